The first-order valence-electron chi connectivity index (χ1n) is 7.82. The van der Waals surface area contributed by atoms with Gasteiger partial charge in [0, 0.05) is 36.4 Å². The molecule has 0 fully saturated rings. The third-order valence-electron chi connectivity index (χ3n) is 3.43. The molecule has 0 aliphatic carbocycles. The van der Waals surface area contributed by atoms with Crippen LogP contribution in [0, 0.1) is 11.3 Å². The minimum absolute atomic E-state index is 0.0220. The molecule has 1 rings (SSSR count). The van der Waals surface area contributed by atoms with Crippen molar-refractivity contribution in [2.75, 3.05) is 25.1 Å². The van der Waals surface area contributed by atoms with Crippen LogP contribution in [0.15, 0.2) is 23.8 Å². The van der Waals surface area contributed by atoms with E-state index in [0.717, 1.165) is 18.8 Å². The average molecular weight is 315 g/mol. The van der Waals surface area contributed by atoms with Crippen molar-refractivity contribution in [2.24, 2.45) is 0 Å². The summed E-state index contributed by atoms with van der Waals surface area (Å²) in [7, 11) is 1.58. The molecule has 1 N–H and O–H groups in total. The fraction of sp³-hybridized carbons (Fsp3) is 0.444. The number of amides is 1. The molecule has 0 bridgehead atoms. The minimum atomic E-state index is -0.377. The zero-order valence-corrected chi connectivity index (χ0v) is 14.5. The van der Waals surface area contributed by atoms with E-state index in [1.54, 1.807) is 13.2 Å². The number of ether oxygens (including phenoxy) is 1. The Morgan fingerprint density at radius 3 is 2.52 bits per heavy atom. The van der Waals surface area contributed by atoms with Gasteiger partial charge in [-0.05, 0) is 45.9 Å². The Balaban J connectivity index is 3.19. The van der Waals surface area contributed by atoms with E-state index in [1.165, 1.54) is 0 Å². The molecule has 124 valence electrons. The Labute approximate surface area is 138 Å². The standard InChI is InChI=1S/C18H25N3O2/c1-6-21(7-2)16-9-8-14(17(11-16)23-5)10-15(12-19)18(22)20-13(3)4/h8-11,13H,6-7H2,1-5H3,(H,20,22). The Morgan fingerprint density at radius 2 is 2.04 bits per heavy atom. The summed E-state index contributed by atoms with van der Waals surface area (Å²) < 4.78 is 5.42. The molecule has 0 atom stereocenters. The lowest BCUT2D eigenvalue weighted by atomic mass is 10.1. The van der Waals surface area contributed by atoms with E-state index < -0.39 is 0 Å². The van der Waals surface area contributed by atoms with Crippen LogP contribution in [0.2, 0.25) is 0 Å². The van der Waals surface area contributed by atoms with Crippen LogP contribution < -0.4 is 15.0 Å². The lowest BCUT2D eigenvalue weighted by molar-refractivity contribution is -0.117. The number of carbonyl (C=O) groups excluding carboxylic acids is 1. The highest BCUT2D eigenvalue weighted by molar-refractivity contribution is 6.02. The maximum absolute atomic E-state index is 12.0. The Hall–Kier alpha value is -2.48. The molecular weight excluding hydrogens is 290 g/mol. The lowest BCUT2D eigenvalue weighted by Gasteiger charge is -2.22. The molecule has 5 heteroatoms. The van der Waals surface area contributed by atoms with Crippen molar-refractivity contribution in [1.29, 1.82) is 5.26 Å². The fourth-order valence-electron chi connectivity index (χ4n) is 2.25. The van der Waals surface area contributed by atoms with Crippen molar-refractivity contribution in [3.63, 3.8) is 0 Å². The number of anilines is 1. The van der Waals surface area contributed by atoms with E-state index in [4.69, 9.17) is 4.74 Å². The first-order chi connectivity index (χ1) is 11.0. The molecule has 0 radical (unpaired) electrons. The molecule has 0 aromatic heterocycles. The molecule has 0 unspecified atom stereocenters. The fourth-order valence-corrected chi connectivity index (χ4v) is 2.25. The maximum Gasteiger partial charge on any atom is 0.262 e. The van der Waals surface area contributed by atoms with Crippen molar-refractivity contribution >= 4 is 17.7 Å². The number of benzene rings is 1. The smallest absolute Gasteiger partial charge is 0.262 e. The van der Waals surface area contributed by atoms with Gasteiger partial charge in [0.2, 0.25) is 0 Å². The Kier molecular flexibility index (Phi) is 7.14. The highest BCUT2D eigenvalue weighted by Crippen LogP contribution is 2.27. The van der Waals surface area contributed by atoms with E-state index in [2.05, 4.69) is 24.1 Å². The highest BCUT2D eigenvalue weighted by atomic mass is 16.5. The van der Waals surface area contributed by atoms with Crippen LogP contribution in [0.25, 0.3) is 6.08 Å². The number of nitrogens with one attached hydrogen (secondary N) is 1. The summed E-state index contributed by atoms with van der Waals surface area (Å²) in [5.74, 6) is 0.261. The normalized spacial score (nSPS) is 11.1. The van der Waals surface area contributed by atoms with Crippen LogP contribution >= 0.6 is 0 Å². The highest BCUT2D eigenvalue weighted by Gasteiger charge is 2.13. The van der Waals surface area contributed by atoms with Gasteiger partial charge in [0.05, 0.1) is 7.11 Å². The van der Waals surface area contributed by atoms with Gasteiger partial charge in [0.25, 0.3) is 5.91 Å². The van der Waals surface area contributed by atoms with Crippen LogP contribution in [-0.4, -0.2) is 32.1 Å². The monoisotopic (exact) mass is 315 g/mol. The number of hydrogen-bond acceptors (Lipinski definition) is 4. The van der Waals surface area contributed by atoms with E-state index in [1.807, 2.05) is 38.1 Å². The van der Waals surface area contributed by atoms with Gasteiger partial charge in [-0.1, -0.05) is 0 Å². The van der Waals surface area contributed by atoms with Gasteiger partial charge >= 0.3 is 0 Å². The summed E-state index contributed by atoms with van der Waals surface area (Å²) in [5, 5.41) is 11.9. The van der Waals surface area contributed by atoms with E-state index >= 15 is 0 Å². The lowest BCUT2D eigenvalue weighted by Crippen LogP contribution is -2.30. The molecule has 23 heavy (non-hydrogen) atoms. The van der Waals surface area contributed by atoms with Gasteiger partial charge in [-0.3, -0.25) is 4.79 Å². The van der Waals surface area contributed by atoms with Crippen molar-refractivity contribution in [2.45, 2.75) is 33.7 Å². The predicted octanol–water partition coefficient (Wildman–Crippen LogP) is 2.97. The molecule has 0 saturated carbocycles. The van der Waals surface area contributed by atoms with Gasteiger partial charge < -0.3 is 15.0 Å². The number of methoxy groups -OCH3 is 1. The summed E-state index contributed by atoms with van der Waals surface area (Å²) in [6, 6.07) is 7.69. The average Bonchev–Trinajstić information content (AvgIpc) is 2.53. The molecule has 0 heterocycles. The molecular formula is C18H25N3O2. The summed E-state index contributed by atoms with van der Waals surface area (Å²) in [6.45, 7) is 9.69. The predicted molar refractivity (Wildman–Crippen MR) is 93.4 cm³/mol. The maximum atomic E-state index is 12.0. The van der Waals surface area contributed by atoms with Gasteiger partial charge in [-0.25, -0.2) is 0 Å². The van der Waals surface area contributed by atoms with E-state index in [9.17, 15) is 10.1 Å². The van der Waals surface area contributed by atoms with E-state index in [0.29, 0.717) is 11.3 Å². The second kappa shape index (κ2) is 8.84. The summed E-state index contributed by atoms with van der Waals surface area (Å²) in [6.07, 6.45) is 1.56. The first-order valence-corrected chi connectivity index (χ1v) is 7.82. The van der Waals surface area contributed by atoms with Gasteiger partial charge in [-0.15, -0.1) is 0 Å². The largest absolute Gasteiger partial charge is 0.496 e. The van der Waals surface area contributed by atoms with Gasteiger partial charge in [0.15, 0.2) is 0 Å². The van der Waals surface area contributed by atoms with E-state index in [-0.39, 0.29) is 17.5 Å². The molecule has 0 spiro atoms. The summed E-state index contributed by atoms with van der Waals surface area (Å²) in [4.78, 5) is 14.2. The van der Waals surface area contributed by atoms with Crippen molar-refractivity contribution in [3.05, 3.63) is 29.3 Å². The molecule has 5 nitrogen and oxygen atoms in total. The van der Waals surface area contributed by atoms with Crippen LogP contribution in [-0.2, 0) is 4.79 Å². The molecule has 1 aromatic rings. The Bertz CT molecular complexity index is 611. The Morgan fingerprint density at radius 1 is 1.39 bits per heavy atom. The number of nitrogens with zero attached hydrogens (tertiary/aromatic N) is 2. The summed E-state index contributed by atoms with van der Waals surface area (Å²) >= 11 is 0. The van der Waals surface area contributed by atoms with Gasteiger partial charge in [-0.2, -0.15) is 5.26 Å². The number of nitriles is 1. The molecule has 0 aliphatic rings. The molecule has 0 saturated heterocycles. The van der Waals surface area contributed by atoms with Crippen molar-refractivity contribution in [1.82, 2.24) is 5.32 Å². The SMILES string of the molecule is CCN(CC)c1ccc(C=C(C#N)C(=O)NC(C)C)c(OC)c1. The number of rotatable bonds is 7. The molecule has 0 aliphatic heterocycles. The first kappa shape index (κ1) is 18.6. The number of hydrogen-bond donors (Lipinski definition) is 1. The topological polar surface area (TPSA) is 65.4 Å². The second-order valence-corrected chi connectivity index (χ2v) is 5.40. The van der Waals surface area contributed by atoms with Crippen molar-refractivity contribution in [3.8, 4) is 11.8 Å². The minimum Gasteiger partial charge on any atom is -0.496 e. The molecule has 1 amide bonds. The van der Waals surface area contributed by atoms with Crippen LogP contribution in [0.1, 0.15) is 33.3 Å². The quantitative estimate of drug-likeness (QED) is 0.620. The van der Waals surface area contributed by atoms with Crippen LogP contribution in [0.4, 0.5) is 5.69 Å². The number of carbonyl (C=O) groups is 1. The van der Waals surface area contributed by atoms with Crippen LogP contribution in [0.5, 0.6) is 5.75 Å². The second-order valence-electron chi connectivity index (χ2n) is 5.40. The third-order valence-corrected chi connectivity index (χ3v) is 3.43. The van der Waals surface area contributed by atoms with Crippen molar-refractivity contribution < 1.29 is 9.53 Å². The van der Waals surface area contributed by atoms with Crippen LogP contribution in [0.3, 0.4) is 0 Å². The zero-order valence-electron chi connectivity index (χ0n) is 14.5. The third kappa shape index (κ3) is 5.03. The molecule has 1 aromatic carbocycles. The van der Waals surface area contributed by atoms with Gasteiger partial charge in [0.1, 0.15) is 17.4 Å². The zero-order chi connectivity index (χ0) is 17.4. The summed E-state index contributed by atoms with van der Waals surface area (Å²) in [5.41, 5.74) is 1.82.